The summed E-state index contributed by atoms with van der Waals surface area (Å²) in [7, 11) is 0. The lowest BCUT2D eigenvalue weighted by molar-refractivity contribution is 0.433. The maximum absolute atomic E-state index is 13.1. The van der Waals surface area contributed by atoms with Gasteiger partial charge in [-0.25, -0.2) is 8.78 Å². The number of benzene rings is 1. The molecule has 0 aromatic heterocycles. The molecule has 1 saturated carbocycles. The first-order valence-corrected chi connectivity index (χ1v) is 5.25. The molecule has 1 aromatic carbocycles. The molecule has 2 N–H and O–H groups in total. The van der Waals surface area contributed by atoms with Gasteiger partial charge in [0.1, 0.15) is 11.6 Å². The molecular formula is C12H15F2N. The lowest BCUT2D eigenvalue weighted by Gasteiger charge is -2.24. The molecule has 1 aromatic rings. The van der Waals surface area contributed by atoms with E-state index < -0.39 is 17.2 Å². The molecule has 1 fully saturated rings. The smallest absolute Gasteiger partial charge is 0.126 e. The molecular weight excluding hydrogens is 196 g/mol. The van der Waals surface area contributed by atoms with E-state index in [4.69, 9.17) is 5.73 Å². The third-order valence-corrected chi connectivity index (χ3v) is 3.23. The van der Waals surface area contributed by atoms with E-state index in [-0.39, 0.29) is 0 Å². The summed E-state index contributed by atoms with van der Waals surface area (Å²) >= 11 is 0. The second kappa shape index (κ2) is 3.56. The normalized spacial score (nSPS) is 30.8. The Morgan fingerprint density at radius 2 is 1.87 bits per heavy atom. The zero-order valence-corrected chi connectivity index (χ0v) is 8.76. The second-order valence-electron chi connectivity index (χ2n) is 4.66. The van der Waals surface area contributed by atoms with Crippen molar-refractivity contribution in [3.8, 4) is 0 Å². The minimum absolute atomic E-state index is 0.529. The maximum atomic E-state index is 13.1. The molecule has 3 heteroatoms. The highest BCUT2D eigenvalue weighted by molar-refractivity contribution is 5.27. The van der Waals surface area contributed by atoms with Crippen LogP contribution < -0.4 is 5.73 Å². The standard InChI is InChI=1S/C12H15F2N/c1-8-2-3-12(15,7-8)9-4-10(13)6-11(14)5-9/h4-6,8H,2-3,7,15H2,1H3. The fourth-order valence-electron chi connectivity index (χ4n) is 2.43. The lowest BCUT2D eigenvalue weighted by Crippen LogP contribution is -2.33. The average molecular weight is 211 g/mol. The van der Waals surface area contributed by atoms with Crippen LogP contribution in [-0.2, 0) is 5.54 Å². The molecule has 0 amide bonds. The zero-order chi connectivity index (χ0) is 11.1. The van der Waals surface area contributed by atoms with Gasteiger partial charge in [-0.1, -0.05) is 6.92 Å². The van der Waals surface area contributed by atoms with Crippen molar-refractivity contribution >= 4 is 0 Å². The van der Waals surface area contributed by atoms with Crippen LogP contribution >= 0.6 is 0 Å². The summed E-state index contributed by atoms with van der Waals surface area (Å²) in [5, 5.41) is 0. The molecule has 15 heavy (non-hydrogen) atoms. The Labute approximate surface area is 88.3 Å². The van der Waals surface area contributed by atoms with Crippen molar-refractivity contribution in [1.29, 1.82) is 0 Å². The highest BCUT2D eigenvalue weighted by Gasteiger charge is 2.35. The van der Waals surface area contributed by atoms with Crippen LogP contribution in [0.25, 0.3) is 0 Å². The topological polar surface area (TPSA) is 26.0 Å². The molecule has 2 rings (SSSR count). The van der Waals surface area contributed by atoms with Crippen LogP contribution in [-0.4, -0.2) is 0 Å². The Kier molecular flexibility index (Phi) is 2.51. The van der Waals surface area contributed by atoms with Gasteiger partial charge >= 0.3 is 0 Å². The molecule has 1 nitrogen and oxygen atoms in total. The van der Waals surface area contributed by atoms with E-state index in [1.165, 1.54) is 12.1 Å². The van der Waals surface area contributed by atoms with Gasteiger partial charge in [-0.15, -0.1) is 0 Å². The molecule has 0 spiro atoms. The number of rotatable bonds is 1. The number of hydrogen-bond donors (Lipinski definition) is 1. The first-order chi connectivity index (χ1) is 6.99. The van der Waals surface area contributed by atoms with Gasteiger partial charge in [0.15, 0.2) is 0 Å². The van der Waals surface area contributed by atoms with Crippen molar-refractivity contribution in [3.05, 3.63) is 35.4 Å². The van der Waals surface area contributed by atoms with Crippen LogP contribution in [0.1, 0.15) is 31.7 Å². The van der Waals surface area contributed by atoms with E-state index in [0.717, 1.165) is 25.3 Å². The zero-order valence-electron chi connectivity index (χ0n) is 8.76. The minimum Gasteiger partial charge on any atom is -0.321 e. The van der Waals surface area contributed by atoms with Gasteiger partial charge in [-0.3, -0.25) is 0 Å². The Bertz CT molecular complexity index is 358. The lowest BCUT2D eigenvalue weighted by atomic mass is 9.88. The SMILES string of the molecule is CC1CCC(N)(c2cc(F)cc(F)c2)C1. The van der Waals surface area contributed by atoms with Gasteiger partial charge in [-0.05, 0) is 42.9 Å². The summed E-state index contributed by atoms with van der Waals surface area (Å²) < 4.78 is 26.1. The summed E-state index contributed by atoms with van der Waals surface area (Å²) in [6.07, 6.45) is 2.63. The first kappa shape index (κ1) is 10.6. The Hall–Kier alpha value is -0.960. The second-order valence-corrected chi connectivity index (χ2v) is 4.66. The van der Waals surface area contributed by atoms with Crippen molar-refractivity contribution in [2.45, 2.75) is 31.7 Å². The highest BCUT2D eigenvalue weighted by Crippen LogP contribution is 2.40. The van der Waals surface area contributed by atoms with E-state index >= 15 is 0 Å². The van der Waals surface area contributed by atoms with Crippen molar-refractivity contribution in [3.63, 3.8) is 0 Å². The van der Waals surface area contributed by atoms with E-state index in [1.54, 1.807) is 0 Å². The monoisotopic (exact) mass is 211 g/mol. The maximum Gasteiger partial charge on any atom is 0.126 e. The molecule has 1 aliphatic carbocycles. The first-order valence-electron chi connectivity index (χ1n) is 5.25. The summed E-state index contributed by atoms with van der Waals surface area (Å²) in [6, 6.07) is 3.58. The Balaban J connectivity index is 2.36. The van der Waals surface area contributed by atoms with Gasteiger partial charge in [0, 0.05) is 11.6 Å². The van der Waals surface area contributed by atoms with Crippen LogP contribution in [0.15, 0.2) is 18.2 Å². The molecule has 2 atom stereocenters. The quantitative estimate of drug-likeness (QED) is 0.759. The predicted molar refractivity (Wildman–Crippen MR) is 55.2 cm³/mol. The van der Waals surface area contributed by atoms with E-state index in [1.807, 2.05) is 0 Å². The van der Waals surface area contributed by atoms with Crippen molar-refractivity contribution in [2.75, 3.05) is 0 Å². The predicted octanol–water partition coefficient (Wildman–Crippen LogP) is 2.94. The molecule has 0 bridgehead atoms. The third kappa shape index (κ3) is 2.02. The van der Waals surface area contributed by atoms with Crippen LogP contribution in [0.4, 0.5) is 8.78 Å². The number of hydrogen-bond acceptors (Lipinski definition) is 1. The van der Waals surface area contributed by atoms with Gasteiger partial charge in [-0.2, -0.15) is 0 Å². The van der Waals surface area contributed by atoms with Gasteiger partial charge in [0.25, 0.3) is 0 Å². The average Bonchev–Trinajstić information content (AvgIpc) is 2.46. The number of nitrogens with two attached hydrogens (primary N) is 1. The summed E-state index contributed by atoms with van der Waals surface area (Å²) in [5.74, 6) is -0.565. The van der Waals surface area contributed by atoms with Crippen molar-refractivity contribution < 1.29 is 8.78 Å². The van der Waals surface area contributed by atoms with Crippen LogP contribution in [0, 0.1) is 17.6 Å². The molecule has 1 aliphatic rings. The van der Waals surface area contributed by atoms with E-state index in [0.29, 0.717) is 11.5 Å². The van der Waals surface area contributed by atoms with Gasteiger partial charge < -0.3 is 5.73 Å². The highest BCUT2D eigenvalue weighted by atomic mass is 19.1. The minimum atomic E-state index is -0.547. The van der Waals surface area contributed by atoms with Crippen LogP contribution in [0.5, 0.6) is 0 Å². The molecule has 0 aliphatic heterocycles. The molecule has 0 radical (unpaired) electrons. The third-order valence-electron chi connectivity index (χ3n) is 3.23. The Morgan fingerprint density at radius 3 is 2.33 bits per heavy atom. The fraction of sp³-hybridized carbons (Fsp3) is 0.500. The summed E-state index contributed by atoms with van der Waals surface area (Å²) in [5.41, 5.74) is 6.22. The van der Waals surface area contributed by atoms with Crippen molar-refractivity contribution in [1.82, 2.24) is 0 Å². The molecule has 0 saturated heterocycles. The van der Waals surface area contributed by atoms with E-state index in [2.05, 4.69) is 6.92 Å². The largest absolute Gasteiger partial charge is 0.321 e. The van der Waals surface area contributed by atoms with Gasteiger partial charge in [0.05, 0.1) is 0 Å². The molecule has 82 valence electrons. The number of halogens is 2. The molecule has 0 heterocycles. The molecule has 2 unspecified atom stereocenters. The fourth-order valence-corrected chi connectivity index (χ4v) is 2.43. The van der Waals surface area contributed by atoms with Crippen molar-refractivity contribution in [2.24, 2.45) is 11.7 Å². The summed E-state index contributed by atoms with van der Waals surface area (Å²) in [4.78, 5) is 0. The summed E-state index contributed by atoms with van der Waals surface area (Å²) in [6.45, 7) is 2.12. The van der Waals surface area contributed by atoms with Crippen LogP contribution in [0.3, 0.4) is 0 Å². The van der Waals surface area contributed by atoms with Gasteiger partial charge in [0.2, 0.25) is 0 Å². The Morgan fingerprint density at radius 1 is 1.27 bits per heavy atom. The van der Waals surface area contributed by atoms with E-state index in [9.17, 15) is 8.78 Å². The van der Waals surface area contributed by atoms with Crippen LogP contribution in [0.2, 0.25) is 0 Å².